The van der Waals surface area contributed by atoms with Gasteiger partial charge < -0.3 is 10.1 Å². The molecule has 3 aromatic rings. The highest BCUT2D eigenvalue weighted by atomic mass is 16.4. The minimum absolute atomic E-state index is 0.256. The van der Waals surface area contributed by atoms with Crippen LogP contribution in [0.15, 0.2) is 65.5 Å². The van der Waals surface area contributed by atoms with E-state index in [4.69, 9.17) is 0 Å². The van der Waals surface area contributed by atoms with E-state index in [0.717, 1.165) is 11.1 Å². The SMILES string of the molecule is O=C(O)c1c(Cc2ccccc2)nc(-c2ccccc2)[nH]c1=O. The molecule has 1 aromatic heterocycles. The number of nitrogens with zero attached hydrogens (tertiary/aromatic N) is 1. The van der Waals surface area contributed by atoms with Gasteiger partial charge in [0.05, 0.1) is 5.69 Å². The van der Waals surface area contributed by atoms with Gasteiger partial charge in [-0.1, -0.05) is 60.7 Å². The largest absolute Gasteiger partial charge is 0.477 e. The molecule has 0 saturated carbocycles. The Morgan fingerprint density at radius 1 is 1.00 bits per heavy atom. The monoisotopic (exact) mass is 306 g/mol. The Morgan fingerprint density at radius 2 is 1.61 bits per heavy atom. The molecule has 0 aliphatic rings. The average Bonchev–Trinajstić information content (AvgIpc) is 2.56. The Morgan fingerprint density at radius 3 is 2.22 bits per heavy atom. The van der Waals surface area contributed by atoms with Crippen LogP contribution in [0, 0.1) is 0 Å². The van der Waals surface area contributed by atoms with Crippen LogP contribution < -0.4 is 5.56 Å². The predicted octanol–water partition coefficient (Wildman–Crippen LogP) is 2.73. The summed E-state index contributed by atoms with van der Waals surface area (Å²) in [5.74, 6) is -0.907. The number of benzene rings is 2. The highest BCUT2D eigenvalue weighted by Crippen LogP contribution is 2.16. The van der Waals surface area contributed by atoms with Gasteiger partial charge >= 0.3 is 5.97 Å². The van der Waals surface area contributed by atoms with Crippen LogP contribution in [-0.4, -0.2) is 21.0 Å². The number of carboxylic acid groups (broad SMARTS) is 1. The van der Waals surface area contributed by atoms with Crippen molar-refractivity contribution >= 4 is 5.97 Å². The van der Waals surface area contributed by atoms with Crippen LogP contribution in [0.4, 0.5) is 0 Å². The summed E-state index contributed by atoms with van der Waals surface area (Å²) in [5.41, 5.74) is 0.931. The summed E-state index contributed by atoms with van der Waals surface area (Å²) in [6, 6.07) is 18.5. The Hall–Kier alpha value is -3.21. The van der Waals surface area contributed by atoms with Crippen LogP contribution in [0.1, 0.15) is 21.6 Å². The zero-order chi connectivity index (χ0) is 16.2. The molecular weight excluding hydrogens is 292 g/mol. The molecule has 3 rings (SSSR count). The number of aromatic amines is 1. The van der Waals surface area contributed by atoms with E-state index in [0.29, 0.717) is 5.82 Å². The van der Waals surface area contributed by atoms with Crippen LogP contribution in [0.5, 0.6) is 0 Å². The average molecular weight is 306 g/mol. The van der Waals surface area contributed by atoms with Gasteiger partial charge in [0.15, 0.2) is 0 Å². The Kier molecular flexibility index (Phi) is 4.01. The lowest BCUT2D eigenvalue weighted by Crippen LogP contribution is -2.23. The number of aromatic carboxylic acids is 1. The van der Waals surface area contributed by atoms with E-state index in [1.807, 2.05) is 60.7 Å². The summed E-state index contributed by atoms with van der Waals surface area (Å²) in [6.07, 6.45) is 0.284. The van der Waals surface area contributed by atoms with E-state index in [2.05, 4.69) is 9.97 Å². The number of carbonyl (C=O) groups is 1. The van der Waals surface area contributed by atoms with Gasteiger partial charge in [-0.05, 0) is 5.56 Å². The lowest BCUT2D eigenvalue weighted by atomic mass is 10.1. The van der Waals surface area contributed by atoms with Gasteiger partial charge in [0.25, 0.3) is 5.56 Å². The second kappa shape index (κ2) is 6.27. The summed E-state index contributed by atoms with van der Waals surface area (Å²) in [4.78, 5) is 30.5. The van der Waals surface area contributed by atoms with Crippen LogP contribution in [0.2, 0.25) is 0 Å². The predicted molar refractivity (Wildman–Crippen MR) is 86.5 cm³/mol. The maximum atomic E-state index is 12.2. The van der Waals surface area contributed by atoms with E-state index in [-0.39, 0.29) is 17.7 Å². The quantitative estimate of drug-likeness (QED) is 0.776. The topological polar surface area (TPSA) is 83.0 Å². The number of H-pyrrole nitrogens is 1. The van der Waals surface area contributed by atoms with Gasteiger partial charge in [-0.2, -0.15) is 0 Å². The zero-order valence-electron chi connectivity index (χ0n) is 12.2. The fraction of sp³-hybridized carbons (Fsp3) is 0.0556. The minimum atomic E-state index is -1.27. The standard InChI is InChI=1S/C18H14N2O3/c21-17-15(18(22)23)14(11-12-7-3-1-4-8-12)19-16(20-17)13-9-5-2-6-10-13/h1-10H,11H2,(H,22,23)(H,19,20,21). The van der Waals surface area contributed by atoms with Crippen molar-refractivity contribution < 1.29 is 9.90 Å². The summed E-state index contributed by atoms with van der Waals surface area (Å²) in [7, 11) is 0. The molecule has 0 amide bonds. The summed E-state index contributed by atoms with van der Waals surface area (Å²) < 4.78 is 0. The molecule has 0 fully saturated rings. The van der Waals surface area contributed by atoms with Gasteiger partial charge in [-0.3, -0.25) is 4.79 Å². The molecule has 1 heterocycles. The summed E-state index contributed by atoms with van der Waals surface area (Å²) >= 11 is 0. The van der Waals surface area contributed by atoms with E-state index in [1.165, 1.54) is 0 Å². The lowest BCUT2D eigenvalue weighted by Gasteiger charge is -2.08. The van der Waals surface area contributed by atoms with E-state index in [9.17, 15) is 14.7 Å². The first-order valence-corrected chi connectivity index (χ1v) is 7.11. The molecule has 5 heteroatoms. The number of nitrogens with one attached hydrogen (secondary N) is 1. The van der Waals surface area contributed by atoms with Crippen LogP contribution in [0.25, 0.3) is 11.4 Å². The van der Waals surface area contributed by atoms with Crippen molar-refractivity contribution in [3.8, 4) is 11.4 Å². The first kappa shape index (κ1) is 14.7. The number of hydrogen-bond donors (Lipinski definition) is 2. The number of aromatic nitrogens is 2. The van der Waals surface area contributed by atoms with Crippen molar-refractivity contribution in [2.24, 2.45) is 0 Å². The van der Waals surface area contributed by atoms with Crippen molar-refractivity contribution in [3.05, 3.63) is 87.8 Å². The summed E-state index contributed by atoms with van der Waals surface area (Å²) in [6.45, 7) is 0. The Balaban J connectivity index is 2.13. The summed E-state index contributed by atoms with van der Waals surface area (Å²) in [5, 5.41) is 9.33. The van der Waals surface area contributed by atoms with Crippen LogP contribution >= 0.6 is 0 Å². The van der Waals surface area contributed by atoms with Crippen molar-refractivity contribution in [3.63, 3.8) is 0 Å². The van der Waals surface area contributed by atoms with Crippen LogP contribution in [0.3, 0.4) is 0 Å². The normalized spacial score (nSPS) is 10.4. The van der Waals surface area contributed by atoms with Gasteiger partial charge in [0.2, 0.25) is 0 Å². The molecule has 5 nitrogen and oxygen atoms in total. The third-order valence-corrected chi connectivity index (χ3v) is 3.47. The molecule has 23 heavy (non-hydrogen) atoms. The van der Waals surface area contributed by atoms with Crippen molar-refractivity contribution in [2.45, 2.75) is 6.42 Å². The van der Waals surface area contributed by atoms with E-state index < -0.39 is 11.5 Å². The highest BCUT2D eigenvalue weighted by Gasteiger charge is 2.18. The molecular formula is C18H14N2O3. The molecule has 0 atom stereocenters. The van der Waals surface area contributed by atoms with Gasteiger partial charge in [0.1, 0.15) is 11.4 Å². The second-order valence-corrected chi connectivity index (χ2v) is 5.07. The molecule has 2 aromatic carbocycles. The molecule has 2 N–H and O–H groups in total. The van der Waals surface area contributed by atoms with Crippen LogP contribution in [-0.2, 0) is 6.42 Å². The molecule has 0 unspecified atom stereocenters. The van der Waals surface area contributed by atoms with Gasteiger partial charge in [-0.15, -0.1) is 0 Å². The maximum absolute atomic E-state index is 12.2. The van der Waals surface area contributed by atoms with Crippen molar-refractivity contribution in [1.82, 2.24) is 9.97 Å². The highest BCUT2D eigenvalue weighted by molar-refractivity contribution is 5.88. The third kappa shape index (κ3) is 3.18. The fourth-order valence-corrected chi connectivity index (χ4v) is 2.39. The fourth-order valence-electron chi connectivity index (χ4n) is 2.39. The zero-order valence-corrected chi connectivity index (χ0v) is 12.2. The second-order valence-electron chi connectivity index (χ2n) is 5.07. The van der Waals surface area contributed by atoms with Crippen molar-refractivity contribution in [1.29, 1.82) is 0 Å². The first-order chi connectivity index (χ1) is 11.1. The molecule has 0 aliphatic heterocycles. The van der Waals surface area contributed by atoms with Gasteiger partial charge in [-0.25, -0.2) is 9.78 Å². The van der Waals surface area contributed by atoms with Crippen molar-refractivity contribution in [2.75, 3.05) is 0 Å². The lowest BCUT2D eigenvalue weighted by molar-refractivity contribution is 0.0693. The first-order valence-electron chi connectivity index (χ1n) is 7.11. The molecule has 0 spiro atoms. The van der Waals surface area contributed by atoms with E-state index >= 15 is 0 Å². The molecule has 0 aliphatic carbocycles. The Bertz CT molecular complexity index is 887. The minimum Gasteiger partial charge on any atom is -0.477 e. The molecule has 0 bridgehead atoms. The number of rotatable bonds is 4. The number of hydrogen-bond acceptors (Lipinski definition) is 3. The maximum Gasteiger partial charge on any atom is 0.343 e. The molecule has 0 radical (unpaired) electrons. The Labute approximate surface area is 132 Å². The van der Waals surface area contributed by atoms with E-state index in [1.54, 1.807) is 0 Å². The molecule has 114 valence electrons. The smallest absolute Gasteiger partial charge is 0.343 e. The molecule has 0 saturated heterocycles. The van der Waals surface area contributed by atoms with Gasteiger partial charge in [0, 0.05) is 12.0 Å². The number of carboxylic acids is 1. The third-order valence-electron chi connectivity index (χ3n) is 3.47.